The molecule has 1 atom stereocenters. The molecule has 0 fully saturated rings. The fourth-order valence-electron chi connectivity index (χ4n) is 5.67. The smallest absolute Gasteiger partial charge is 0.343 e. The van der Waals surface area contributed by atoms with E-state index in [0.29, 0.717) is 39.5 Å². The van der Waals surface area contributed by atoms with E-state index in [2.05, 4.69) is 5.32 Å². The van der Waals surface area contributed by atoms with E-state index in [4.69, 9.17) is 23.9 Å². The lowest BCUT2D eigenvalue weighted by molar-refractivity contribution is -0.176. The number of esters is 1. The fourth-order valence-corrected chi connectivity index (χ4v) is 5.67. The van der Waals surface area contributed by atoms with Gasteiger partial charge in [0.1, 0.15) is 6.61 Å². The standard InChI is InChI=1S/C27H29N3O9/c1-3-27(36-2)18-5-20-23-16(8-30(20)24(34)17(18)9-37-25(27)35)15(7-28-26(10-31,11-32)12-33)14-4-21-22(39-13-38-21)6-19(14)29-23/h4-6,28,31-33H,3,7-13H2,1-2H3/t27-/m0/s1. The topological polar surface area (TPSA) is 162 Å². The predicted molar refractivity (Wildman–Crippen MR) is 136 cm³/mol. The highest BCUT2D eigenvalue weighted by atomic mass is 16.7. The summed E-state index contributed by atoms with van der Waals surface area (Å²) in [4.78, 5) is 31.5. The lowest BCUT2D eigenvalue weighted by Gasteiger charge is -2.35. The second kappa shape index (κ2) is 9.28. The van der Waals surface area contributed by atoms with Gasteiger partial charge >= 0.3 is 5.97 Å². The molecule has 3 aliphatic rings. The molecule has 3 aliphatic heterocycles. The van der Waals surface area contributed by atoms with Crippen molar-refractivity contribution < 1.29 is 39.1 Å². The van der Waals surface area contributed by atoms with E-state index >= 15 is 0 Å². The van der Waals surface area contributed by atoms with E-state index in [1.54, 1.807) is 23.6 Å². The monoisotopic (exact) mass is 539 g/mol. The number of aliphatic hydroxyl groups excluding tert-OH is 3. The maximum Gasteiger partial charge on any atom is 0.343 e. The first kappa shape index (κ1) is 25.7. The second-order valence-corrected chi connectivity index (χ2v) is 10.0. The van der Waals surface area contributed by atoms with Crippen LogP contribution in [-0.4, -0.2) is 70.1 Å². The van der Waals surface area contributed by atoms with Gasteiger partial charge in [-0.25, -0.2) is 9.78 Å². The van der Waals surface area contributed by atoms with Crippen LogP contribution >= 0.6 is 0 Å². The average Bonchev–Trinajstić information content (AvgIpc) is 3.57. The van der Waals surface area contributed by atoms with Crippen molar-refractivity contribution in [2.75, 3.05) is 33.7 Å². The number of carbonyl (C=O) groups is 1. The quantitative estimate of drug-likeness (QED) is 0.227. The van der Waals surface area contributed by atoms with Crippen LogP contribution in [0.3, 0.4) is 0 Å². The van der Waals surface area contributed by atoms with Gasteiger partial charge in [-0.1, -0.05) is 6.92 Å². The zero-order valence-electron chi connectivity index (χ0n) is 21.6. The molecule has 0 saturated carbocycles. The van der Waals surface area contributed by atoms with Crippen molar-refractivity contribution in [3.63, 3.8) is 0 Å². The number of pyridine rings is 2. The zero-order chi connectivity index (χ0) is 27.5. The number of benzene rings is 1. The Morgan fingerprint density at radius 3 is 2.46 bits per heavy atom. The highest BCUT2D eigenvalue weighted by Crippen LogP contribution is 2.43. The molecular weight excluding hydrogens is 510 g/mol. The number of hydrogen-bond donors (Lipinski definition) is 4. The van der Waals surface area contributed by atoms with Crippen molar-refractivity contribution >= 4 is 16.9 Å². The minimum absolute atomic E-state index is 0.0815. The van der Waals surface area contributed by atoms with Crippen LogP contribution in [0, 0.1) is 0 Å². The number of carbonyl (C=O) groups excluding carboxylic acids is 1. The number of cyclic esters (lactones) is 1. The van der Waals surface area contributed by atoms with Crippen molar-refractivity contribution in [3.05, 3.63) is 50.8 Å². The summed E-state index contributed by atoms with van der Waals surface area (Å²) >= 11 is 0. The molecule has 0 aliphatic carbocycles. The maximum absolute atomic E-state index is 13.8. The molecule has 0 saturated heterocycles. The van der Waals surface area contributed by atoms with Gasteiger partial charge in [0.2, 0.25) is 6.79 Å². The van der Waals surface area contributed by atoms with E-state index in [9.17, 15) is 24.9 Å². The Labute approximate surface area is 222 Å². The third-order valence-electron chi connectivity index (χ3n) is 8.16. The molecule has 1 aromatic carbocycles. The number of aromatic nitrogens is 2. The van der Waals surface area contributed by atoms with Crippen molar-refractivity contribution in [2.24, 2.45) is 0 Å². The third-order valence-corrected chi connectivity index (χ3v) is 8.16. The molecule has 2 aromatic heterocycles. The summed E-state index contributed by atoms with van der Waals surface area (Å²) in [6, 6.07) is 5.37. The Morgan fingerprint density at radius 2 is 1.79 bits per heavy atom. The summed E-state index contributed by atoms with van der Waals surface area (Å²) < 4.78 is 23.8. The van der Waals surface area contributed by atoms with Gasteiger partial charge < -0.3 is 44.2 Å². The Morgan fingerprint density at radius 1 is 1.08 bits per heavy atom. The summed E-state index contributed by atoms with van der Waals surface area (Å²) in [6.45, 7) is 0.604. The molecule has 0 radical (unpaired) electrons. The Balaban J connectivity index is 1.58. The number of rotatable bonds is 8. The Kier molecular flexibility index (Phi) is 6.12. The van der Waals surface area contributed by atoms with E-state index in [0.717, 1.165) is 16.5 Å². The Hall–Kier alpha value is -3.55. The molecule has 0 amide bonds. The molecule has 5 heterocycles. The first-order valence-corrected chi connectivity index (χ1v) is 12.7. The number of methoxy groups -OCH3 is 1. The molecule has 3 aromatic rings. The number of aliphatic hydroxyl groups is 3. The number of nitrogens with zero attached hydrogens (tertiary/aromatic N) is 2. The van der Waals surface area contributed by atoms with Gasteiger partial charge in [0.25, 0.3) is 5.56 Å². The van der Waals surface area contributed by atoms with Crippen molar-refractivity contribution in [1.82, 2.24) is 14.9 Å². The molecule has 12 heteroatoms. The molecular formula is C27H29N3O9. The number of nitrogens with one attached hydrogen (secondary N) is 1. The van der Waals surface area contributed by atoms with Gasteiger partial charge in [0, 0.05) is 36.2 Å². The van der Waals surface area contributed by atoms with Crippen LogP contribution in [0.15, 0.2) is 23.0 Å². The first-order chi connectivity index (χ1) is 18.8. The molecule has 12 nitrogen and oxygen atoms in total. The van der Waals surface area contributed by atoms with Gasteiger partial charge in [-0.15, -0.1) is 0 Å². The third kappa shape index (κ3) is 3.60. The zero-order valence-corrected chi connectivity index (χ0v) is 21.6. The van der Waals surface area contributed by atoms with Gasteiger partial charge in [-0.05, 0) is 24.1 Å². The van der Waals surface area contributed by atoms with Gasteiger partial charge in [0.05, 0.1) is 54.4 Å². The summed E-state index contributed by atoms with van der Waals surface area (Å²) in [5.41, 5.74) is 1.01. The van der Waals surface area contributed by atoms with E-state index < -0.39 is 36.9 Å². The van der Waals surface area contributed by atoms with Crippen LogP contribution in [0.2, 0.25) is 0 Å². The number of hydrogen-bond acceptors (Lipinski definition) is 11. The normalized spacial score (nSPS) is 19.2. The van der Waals surface area contributed by atoms with Crippen LogP contribution in [0.1, 0.15) is 35.6 Å². The molecule has 0 spiro atoms. The average molecular weight is 540 g/mol. The molecule has 6 rings (SSSR count). The Bertz CT molecular complexity index is 1550. The lowest BCUT2D eigenvalue weighted by atomic mass is 9.85. The van der Waals surface area contributed by atoms with Crippen LogP contribution < -0.4 is 20.3 Å². The molecule has 0 bridgehead atoms. The van der Waals surface area contributed by atoms with Crippen LogP contribution in [0.5, 0.6) is 11.5 Å². The molecule has 0 unspecified atom stereocenters. The number of fused-ring (bicyclic) bond motifs is 6. The van der Waals surface area contributed by atoms with Crippen LogP contribution in [-0.2, 0) is 39.6 Å². The summed E-state index contributed by atoms with van der Waals surface area (Å²) in [7, 11) is 1.42. The lowest BCUT2D eigenvalue weighted by Crippen LogP contribution is -2.54. The van der Waals surface area contributed by atoms with Gasteiger partial charge in [-0.3, -0.25) is 4.79 Å². The predicted octanol–water partition coefficient (Wildman–Crippen LogP) is 0.268. The van der Waals surface area contributed by atoms with Crippen LogP contribution in [0.25, 0.3) is 22.3 Å². The molecule has 206 valence electrons. The SMILES string of the molecule is CC[C@@]1(OC)C(=O)OCc2c1cc1n(c2=O)Cc2c-1nc1cc3c(cc1c2CNC(CO)(CO)CO)OCO3. The fraction of sp³-hybridized carbons (Fsp3) is 0.444. The highest BCUT2D eigenvalue weighted by molar-refractivity contribution is 5.91. The molecule has 39 heavy (non-hydrogen) atoms. The van der Waals surface area contributed by atoms with E-state index in [1.807, 2.05) is 6.07 Å². The van der Waals surface area contributed by atoms with Crippen molar-refractivity contribution in [1.29, 1.82) is 0 Å². The van der Waals surface area contributed by atoms with E-state index in [1.165, 1.54) is 7.11 Å². The van der Waals surface area contributed by atoms with Crippen LogP contribution in [0.4, 0.5) is 0 Å². The van der Waals surface area contributed by atoms with Gasteiger partial charge in [0.15, 0.2) is 17.1 Å². The first-order valence-electron chi connectivity index (χ1n) is 12.7. The highest BCUT2D eigenvalue weighted by Gasteiger charge is 2.47. The minimum Gasteiger partial charge on any atom is -0.458 e. The van der Waals surface area contributed by atoms with E-state index in [-0.39, 0.29) is 38.5 Å². The number of ether oxygens (including phenoxy) is 4. The summed E-state index contributed by atoms with van der Waals surface area (Å²) in [5.74, 6) is 0.548. The maximum atomic E-state index is 13.8. The largest absolute Gasteiger partial charge is 0.458 e. The summed E-state index contributed by atoms with van der Waals surface area (Å²) in [5, 5.41) is 33.5. The minimum atomic E-state index is -1.40. The van der Waals surface area contributed by atoms with Gasteiger partial charge in [-0.2, -0.15) is 0 Å². The molecule has 4 N–H and O–H groups in total. The second-order valence-electron chi connectivity index (χ2n) is 10.0. The van der Waals surface area contributed by atoms with Crippen molar-refractivity contribution in [2.45, 2.75) is 44.2 Å². The van der Waals surface area contributed by atoms with Crippen molar-refractivity contribution in [3.8, 4) is 22.9 Å². The summed E-state index contributed by atoms with van der Waals surface area (Å²) in [6.07, 6.45) is 0.278.